The molecule has 0 bridgehead atoms. The molecule has 1 N–H and O–H groups in total. The molecule has 0 aromatic heterocycles. The van der Waals surface area contributed by atoms with Crippen molar-refractivity contribution < 1.29 is 13.2 Å². The van der Waals surface area contributed by atoms with Gasteiger partial charge in [0.25, 0.3) is 0 Å². The summed E-state index contributed by atoms with van der Waals surface area (Å²) in [7, 11) is -3.36. The Morgan fingerprint density at radius 3 is 2.19 bits per heavy atom. The summed E-state index contributed by atoms with van der Waals surface area (Å²) in [6.07, 6.45) is 1.09. The minimum Gasteiger partial charge on any atom is -0.325 e. The Hall–Kier alpha value is -2.18. The fourth-order valence-corrected chi connectivity index (χ4v) is 5.07. The van der Waals surface area contributed by atoms with Gasteiger partial charge in [-0.3, -0.25) is 4.79 Å². The van der Waals surface area contributed by atoms with E-state index < -0.39 is 10.0 Å². The predicted molar refractivity (Wildman–Crippen MR) is 108 cm³/mol. The van der Waals surface area contributed by atoms with Crippen molar-refractivity contribution >= 4 is 21.6 Å². The molecule has 2 aromatic rings. The van der Waals surface area contributed by atoms with Crippen LogP contribution in [0.1, 0.15) is 29.5 Å². The van der Waals surface area contributed by atoms with Gasteiger partial charge in [-0.15, -0.1) is 0 Å². The van der Waals surface area contributed by atoms with Crippen LogP contribution in [0, 0.1) is 19.8 Å². The zero-order valence-electron chi connectivity index (χ0n) is 15.8. The highest BCUT2D eigenvalue weighted by molar-refractivity contribution is 7.88. The van der Waals surface area contributed by atoms with Crippen LogP contribution < -0.4 is 5.32 Å². The van der Waals surface area contributed by atoms with Gasteiger partial charge in [0.1, 0.15) is 0 Å². The van der Waals surface area contributed by atoms with Crippen LogP contribution in [-0.2, 0) is 20.6 Å². The maximum Gasteiger partial charge on any atom is 0.227 e. The lowest BCUT2D eigenvalue weighted by Gasteiger charge is -2.30. The van der Waals surface area contributed by atoms with E-state index in [0.717, 1.165) is 22.4 Å². The number of benzene rings is 2. The van der Waals surface area contributed by atoms with Crippen LogP contribution in [0.15, 0.2) is 48.5 Å². The number of sulfonamides is 1. The average Bonchev–Trinajstić information content (AvgIpc) is 2.65. The van der Waals surface area contributed by atoms with Gasteiger partial charge in [0, 0.05) is 24.7 Å². The van der Waals surface area contributed by atoms with E-state index in [1.807, 2.05) is 62.4 Å². The standard InChI is InChI=1S/C21H26N2O3S/c1-16-7-6-8-17(2)20(16)22-21(24)19-11-13-23(14-12-19)27(25,26)15-18-9-4-3-5-10-18/h3-10,19H,11-15H2,1-2H3,(H,22,24). The van der Waals surface area contributed by atoms with Gasteiger partial charge in [-0.2, -0.15) is 0 Å². The maximum atomic E-state index is 12.6. The molecule has 1 amide bonds. The monoisotopic (exact) mass is 386 g/mol. The van der Waals surface area contributed by atoms with Gasteiger partial charge in [0.2, 0.25) is 15.9 Å². The van der Waals surface area contributed by atoms with Gasteiger partial charge < -0.3 is 5.32 Å². The molecule has 27 heavy (non-hydrogen) atoms. The average molecular weight is 387 g/mol. The largest absolute Gasteiger partial charge is 0.325 e. The van der Waals surface area contributed by atoms with Crippen molar-refractivity contribution in [3.8, 4) is 0 Å². The second-order valence-electron chi connectivity index (χ2n) is 7.17. The molecule has 3 rings (SSSR count). The van der Waals surface area contributed by atoms with Crippen LogP contribution in [0.2, 0.25) is 0 Å². The highest BCUT2D eigenvalue weighted by Crippen LogP contribution is 2.25. The lowest BCUT2D eigenvalue weighted by Crippen LogP contribution is -2.42. The Morgan fingerprint density at radius 1 is 1.00 bits per heavy atom. The molecule has 0 saturated carbocycles. The van der Waals surface area contributed by atoms with Crippen molar-refractivity contribution in [2.75, 3.05) is 18.4 Å². The number of nitrogens with zero attached hydrogens (tertiary/aromatic N) is 1. The van der Waals surface area contributed by atoms with E-state index in [0.29, 0.717) is 25.9 Å². The molecule has 5 nitrogen and oxygen atoms in total. The molecule has 1 fully saturated rings. The fourth-order valence-electron chi connectivity index (χ4n) is 3.51. The molecule has 0 atom stereocenters. The Labute approximate surface area is 161 Å². The number of carbonyl (C=O) groups excluding carboxylic acids is 1. The van der Waals surface area contributed by atoms with Crippen molar-refractivity contribution in [3.63, 3.8) is 0 Å². The van der Waals surface area contributed by atoms with Crippen LogP contribution in [-0.4, -0.2) is 31.7 Å². The number of anilines is 1. The third-order valence-corrected chi connectivity index (χ3v) is 6.99. The Morgan fingerprint density at radius 2 is 1.59 bits per heavy atom. The van der Waals surface area contributed by atoms with E-state index in [9.17, 15) is 13.2 Å². The summed E-state index contributed by atoms with van der Waals surface area (Å²) in [6.45, 7) is 4.72. The first-order valence-corrected chi connectivity index (χ1v) is 10.9. The first-order chi connectivity index (χ1) is 12.9. The summed E-state index contributed by atoms with van der Waals surface area (Å²) >= 11 is 0. The molecule has 0 aliphatic carbocycles. The van der Waals surface area contributed by atoms with Crippen molar-refractivity contribution in [1.29, 1.82) is 0 Å². The van der Waals surface area contributed by atoms with E-state index >= 15 is 0 Å². The van der Waals surface area contributed by atoms with Gasteiger partial charge >= 0.3 is 0 Å². The number of para-hydroxylation sites is 1. The Balaban J connectivity index is 1.59. The number of hydrogen-bond acceptors (Lipinski definition) is 3. The molecule has 0 spiro atoms. The van der Waals surface area contributed by atoms with E-state index in [-0.39, 0.29) is 17.6 Å². The molecule has 1 heterocycles. The quantitative estimate of drug-likeness (QED) is 0.855. The van der Waals surface area contributed by atoms with Crippen molar-refractivity contribution in [2.24, 2.45) is 5.92 Å². The van der Waals surface area contributed by atoms with Crippen molar-refractivity contribution in [2.45, 2.75) is 32.4 Å². The second-order valence-corrected chi connectivity index (χ2v) is 9.14. The van der Waals surface area contributed by atoms with E-state index in [1.165, 1.54) is 4.31 Å². The molecule has 144 valence electrons. The highest BCUT2D eigenvalue weighted by Gasteiger charge is 2.31. The SMILES string of the molecule is Cc1cccc(C)c1NC(=O)C1CCN(S(=O)(=O)Cc2ccccc2)CC1. The predicted octanol–water partition coefficient (Wildman–Crippen LogP) is 3.48. The van der Waals surface area contributed by atoms with Crippen LogP contribution in [0.5, 0.6) is 0 Å². The number of piperidine rings is 1. The fraction of sp³-hybridized carbons (Fsp3) is 0.381. The summed E-state index contributed by atoms with van der Waals surface area (Å²) in [6, 6.07) is 15.1. The zero-order valence-corrected chi connectivity index (χ0v) is 16.6. The van der Waals surface area contributed by atoms with E-state index in [1.54, 1.807) is 0 Å². The first-order valence-electron chi connectivity index (χ1n) is 9.25. The minimum atomic E-state index is -3.36. The lowest BCUT2D eigenvalue weighted by molar-refractivity contribution is -0.120. The minimum absolute atomic E-state index is 0.00705. The molecule has 1 aliphatic heterocycles. The number of aryl methyl sites for hydroxylation is 2. The Kier molecular flexibility index (Phi) is 5.97. The second kappa shape index (κ2) is 8.23. The van der Waals surface area contributed by atoms with Crippen molar-refractivity contribution in [1.82, 2.24) is 4.31 Å². The summed E-state index contributed by atoms with van der Waals surface area (Å²) in [5.74, 6) is -0.174. The van der Waals surface area contributed by atoms with Gasteiger partial charge in [0.15, 0.2) is 0 Å². The molecule has 0 unspecified atom stereocenters. The molecule has 1 aliphatic rings. The highest BCUT2D eigenvalue weighted by atomic mass is 32.2. The molecule has 0 radical (unpaired) electrons. The molecular weight excluding hydrogens is 360 g/mol. The molecule has 2 aromatic carbocycles. The number of nitrogens with one attached hydrogen (secondary N) is 1. The number of rotatable bonds is 5. The zero-order chi connectivity index (χ0) is 19.4. The smallest absolute Gasteiger partial charge is 0.227 e. The summed E-state index contributed by atoms with van der Waals surface area (Å²) < 4.78 is 26.8. The molecule has 1 saturated heterocycles. The van der Waals surface area contributed by atoms with Crippen molar-refractivity contribution in [3.05, 3.63) is 65.2 Å². The number of amides is 1. The summed E-state index contributed by atoms with van der Waals surface area (Å²) in [5.41, 5.74) is 3.71. The van der Waals surface area contributed by atoms with Crippen LogP contribution in [0.25, 0.3) is 0 Å². The van der Waals surface area contributed by atoms with Crippen LogP contribution in [0.4, 0.5) is 5.69 Å². The molecule has 6 heteroatoms. The van der Waals surface area contributed by atoms with Crippen LogP contribution in [0.3, 0.4) is 0 Å². The van der Waals surface area contributed by atoms with Gasteiger partial charge in [0.05, 0.1) is 5.75 Å². The van der Waals surface area contributed by atoms with Crippen LogP contribution >= 0.6 is 0 Å². The maximum absolute atomic E-state index is 12.6. The number of carbonyl (C=O) groups is 1. The topological polar surface area (TPSA) is 66.5 Å². The van der Waals surface area contributed by atoms with E-state index in [4.69, 9.17) is 0 Å². The summed E-state index contributed by atoms with van der Waals surface area (Å²) in [5, 5.41) is 3.03. The Bertz CT molecular complexity index is 882. The number of hydrogen-bond donors (Lipinski definition) is 1. The van der Waals surface area contributed by atoms with Gasteiger partial charge in [-0.05, 0) is 43.4 Å². The van der Waals surface area contributed by atoms with Gasteiger partial charge in [-0.25, -0.2) is 12.7 Å². The van der Waals surface area contributed by atoms with E-state index in [2.05, 4.69) is 5.32 Å². The normalized spacial score (nSPS) is 16.2. The first kappa shape index (κ1) is 19.6. The third-order valence-electron chi connectivity index (χ3n) is 5.14. The third kappa shape index (κ3) is 4.76. The molecular formula is C21H26N2O3S. The lowest BCUT2D eigenvalue weighted by atomic mass is 9.96. The summed E-state index contributed by atoms with van der Waals surface area (Å²) in [4.78, 5) is 12.6. The van der Waals surface area contributed by atoms with Gasteiger partial charge in [-0.1, -0.05) is 48.5 Å².